The van der Waals surface area contributed by atoms with Crippen LogP contribution in [-0.4, -0.2) is 19.1 Å². The van der Waals surface area contributed by atoms with Crippen molar-refractivity contribution in [1.29, 1.82) is 0 Å². The number of unbranched alkanes of at least 4 members (excludes halogenated alkanes) is 20. The van der Waals surface area contributed by atoms with Gasteiger partial charge in [-0.25, -0.2) is 8.42 Å². The Balaban J connectivity index is 0.00000675. The molecule has 44 heavy (non-hydrogen) atoms. The van der Waals surface area contributed by atoms with Gasteiger partial charge in [-0.15, -0.1) is 0 Å². The summed E-state index contributed by atoms with van der Waals surface area (Å²) < 4.78 is 35.0. The van der Waals surface area contributed by atoms with Crippen molar-refractivity contribution in [2.45, 2.75) is 166 Å². The fourth-order valence-corrected chi connectivity index (χ4v) is 6.92. The molecule has 0 amide bonds. The topological polar surface area (TPSA) is 72.5 Å². The third kappa shape index (κ3) is 15.9. The van der Waals surface area contributed by atoms with Gasteiger partial charge >= 0.3 is 51.4 Å². The molecule has 5 nitrogen and oxygen atoms in total. The SMILES string of the molecule is CCCCCCCCCCCCCCCCCCCCCCCC1Nc2ccc(S(=O)(=O)[O-])cc2N1Cc1ccccc1.[K+]. The predicted octanol–water partition coefficient (Wildman–Crippen LogP) is 7.96. The first-order valence-electron chi connectivity index (χ1n) is 17.7. The van der Waals surface area contributed by atoms with Gasteiger partial charge in [0, 0.05) is 6.54 Å². The fraction of sp³-hybridized carbons (Fsp3) is 0.676. The van der Waals surface area contributed by atoms with Crippen molar-refractivity contribution in [1.82, 2.24) is 0 Å². The Hall–Kier alpha value is -0.414. The number of nitrogens with one attached hydrogen (secondary N) is 1. The van der Waals surface area contributed by atoms with Gasteiger partial charge in [0.15, 0.2) is 0 Å². The second-order valence-corrected chi connectivity index (χ2v) is 14.1. The molecule has 1 aliphatic heterocycles. The Labute approximate surface area is 312 Å². The van der Waals surface area contributed by atoms with Crippen molar-refractivity contribution < 1.29 is 64.4 Å². The van der Waals surface area contributed by atoms with Gasteiger partial charge in [0.2, 0.25) is 0 Å². The third-order valence-electron chi connectivity index (χ3n) is 9.04. The monoisotopic (exact) mass is 650 g/mol. The van der Waals surface area contributed by atoms with E-state index < -0.39 is 10.1 Å². The van der Waals surface area contributed by atoms with Crippen LogP contribution in [-0.2, 0) is 16.7 Å². The summed E-state index contributed by atoms with van der Waals surface area (Å²) in [5.41, 5.74) is 2.86. The number of anilines is 2. The Morgan fingerprint density at radius 1 is 0.659 bits per heavy atom. The van der Waals surface area contributed by atoms with Crippen molar-refractivity contribution in [3.05, 3.63) is 54.1 Å². The van der Waals surface area contributed by atoms with E-state index in [-0.39, 0.29) is 62.4 Å². The summed E-state index contributed by atoms with van der Waals surface area (Å²) in [6.45, 7) is 2.96. The second kappa shape index (κ2) is 23.8. The molecule has 0 saturated carbocycles. The predicted molar refractivity (Wildman–Crippen MR) is 182 cm³/mol. The first kappa shape index (κ1) is 39.8. The summed E-state index contributed by atoms with van der Waals surface area (Å²) >= 11 is 0. The van der Waals surface area contributed by atoms with E-state index in [1.807, 2.05) is 18.2 Å². The van der Waals surface area contributed by atoms with Crippen LogP contribution < -0.4 is 61.6 Å². The standard InChI is InChI=1S/C37H60N2O3S.K/c1-2-3-4-5-6-7-8-9-10-11-12-13-14-15-16-17-18-19-20-21-25-28-37-38-35-30-29-34(43(40,41)42)31-36(35)39(37)32-33-26-23-22-24-27-33;/h22-24,26-27,29-31,37-38H,2-21,25,28,32H2,1H3,(H,40,41,42);/q;+1/p-1. The van der Waals surface area contributed by atoms with Gasteiger partial charge in [-0.2, -0.15) is 0 Å². The zero-order valence-corrected chi connectivity index (χ0v) is 32.0. The van der Waals surface area contributed by atoms with Crippen LogP contribution in [0, 0.1) is 0 Å². The number of nitrogens with zero attached hydrogens (tertiary/aromatic N) is 1. The molecule has 1 aliphatic rings. The normalized spacial score (nSPS) is 14.3. The van der Waals surface area contributed by atoms with Gasteiger partial charge in [-0.3, -0.25) is 0 Å². The van der Waals surface area contributed by atoms with Gasteiger partial charge in [0.25, 0.3) is 0 Å². The van der Waals surface area contributed by atoms with E-state index in [0.29, 0.717) is 6.54 Å². The number of fused-ring (bicyclic) bond motifs is 1. The molecule has 1 atom stereocenters. The number of benzene rings is 2. The van der Waals surface area contributed by atoms with Crippen LogP contribution in [0.1, 0.15) is 154 Å². The van der Waals surface area contributed by atoms with Crippen LogP contribution >= 0.6 is 0 Å². The van der Waals surface area contributed by atoms with E-state index >= 15 is 0 Å². The molecular weight excluding hydrogens is 592 g/mol. The Morgan fingerprint density at radius 2 is 1.11 bits per heavy atom. The molecule has 2 aromatic carbocycles. The summed E-state index contributed by atoms with van der Waals surface area (Å²) in [7, 11) is -4.49. The summed E-state index contributed by atoms with van der Waals surface area (Å²) in [5, 5.41) is 3.57. The average Bonchev–Trinajstić information content (AvgIpc) is 3.34. The van der Waals surface area contributed by atoms with Crippen LogP contribution in [0.4, 0.5) is 11.4 Å². The van der Waals surface area contributed by atoms with E-state index in [9.17, 15) is 13.0 Å². The van der Waals surface area contributed by atoms with Gasteiger partial charge in [-0.1, -0.05) is 166 Å². The van der Waals surface area contributed by atoms with Crippen molar-refractivity contribution in [3.8, 4) is 0 Å². The van der Waals surface area contributed by atoms with Crippen LogP contribution in [0.25, 0.3) is 0 Å². The Morgan fingerprint density at radius 3 is 1.57 bits per heavy atom. The molecule has 0 fully saturated rings. The minimum atomic E-state index is -4.49. The zero-order valence-electron chi connectivity index (χ0n) is 28.0. The molecule has 1 N–H and O–H groups in total. The van der Waals surface area contributed by atoms with Crippen LogP contribution in [0.15, 0.2) is 53.4 Å². The van der Waals surface area contributed by atoms with Crippen LogP contribution in [0.3, 0.4) is 0 Å². The third-order valence-corrected chi connectivity index (χ3v) is 9.87. The molecule has 3 rings (SSSR count). The molecule has 0 radical (unpaired) electrons. The van der Waals surface area contributed by atoms with Crippen LogP contribution in [0.5, 0.6) is 0 Å². The van der Waals surface area contributed by atoms with Crippen molar-refractivity contribution >= 4 is 21.5 Å². The maximum absolute atomic E-state index is 11.7. The van der Waals surface area contributed by atoms with Crippen molar-refractivity contribution in [2.24, 2.45) is 0 Å². The summed E-state index contributed by atoms with van der Waals surface area (Å²) in [6, 6.07) is 14.9. The Kier molecular flexibility index (Phi) is 21.5. The van der Waals surface area contributed by atoms with E-state index in [2.05, 4.69) is 29.3 Å². The second-order valence-electron chi connectivity index (χ2n) is 12.8. The van der Waals surface area contributed by atoms with Crippen LogP contribution in [0.2, 0.25) is 0 Å². The summed E-state index contributed by atoms with van der Waals surface area (Å²) in [6.07, 6.45) is 30.1. The number of rotatable bonds is 25. The fourth-order valence-electron chi connectivity index (χ4n) is 6.43. The molecule has 0 aliphatic carbocycles. The maximum Gasteiger partial charge on any atom is 1.00 e. The Bertz CT molecular complexity index is 1110. The summed E-state index contributed by atoms with van der Waals surface area (Å²) in [5.74, 6) is 0. The largest absolute Gasteiger partial charge is 1.00 e. The average molecular weight is 651 g/mol. The van der Waals surface area contributed by atoms with Crippen molar-refractivity contribution in [3.63, 3.8) is 0 Å². The van der Waals surface area contributed by atoms with E-state index in [4.69, 9.17) is 0 Å². The smallest absolute Gasteiger partial charge is 0.744 e. The molecule has 0 spiro atoms. The van der Waals surface area contributed by atoms with Gasteiger partial charge in [0.1, 0.15) is 10.1 Å². The minimum absolute atomic E-state index is 0. The van der Waals surface area contributed by atoms with Gasteiger partial charge in [0.05, 0.1) is 22.4 Å². The van der Waals surface area contributed by atoms with Gasteiger partial charge in [-0.05, 0) is 36.6 Å². The number of hydrogen-bond acceptors (Lipinski definition) is 5. The molecule has 7 heteroatoms. The molecule has 0 aromatic heterocycles. The summed E-state index contributed by atoms with van der Waals surface area (Å²) in [4.78, 5) is 2.05. The maximum atomic E-state index is 11.7. The molecule has 0 saturated heterocycles. The molecule has 1 heterocycles. The molecule has 242 valence electrons. The minimum Gasteiger partial charge on any atom is -0.744 e. The van der Waals surface area contributed by atoms with E-state index in [0.717, 1.165) is 29.8 Å². The van der Waals surface area contributed by atoms with E-state index in [1.54, 1.807) is 6.07 Å². The first-order chi connectivity index (χ1) is 21.0. The van der Waals surface area contributed by atoms with Gasteiger partial charge < -0.3 is 14.8 Å². The zero-order chi connectivity index (χ0) is 30.6. The molecule has 0 bridgehead atoms. The van der Waals surface area contributed by atoms with Crippen molar-refractivity contribution in [2.75, 3.05) is 10.2 Å². The molecular formula is C37H59KN2O3S. The number of hydrogen-bond donors (Lipinski definition) is 1. The first-order valence-corrected chi connectivity index (χ1v) is 19.1. The quantitative estimate of drug-likeness (QED) is 0.0671. The molecule has 1 unspecified atom stereocenters. The van der Waals surface area contributed by atoms with E-state index in [1.165, 1.54) is 141 Å². The molecule has 2 aromatic rings.